The van der Waals surface area contributed by atoms with Gasteiger partial charge in [0.25, 0.3) is 5.91 Å². The average molecular weight is 491 g/mol. The van der Waals surface area contributed by atoms with E-state index in [2.05, 4.69) is 23.8 Å². The van der Waals surface area contributed by atoms with Gasteiger partial charge in [0.2, 0.25) is 5.91 Å². The third kappa shape index (κ3) is 5.26. The zero-order valence-electron chi connectivity index (χ0n) is 19.7. The summed E-state index contributed by atoms with van der Waals surface area (Å²) in [6.45, 7) is 11.2. The SMILES string of the molecule is C=CCNC(=O)C(CC(C)C)N1CC2=C(C1=O)C(c1ccccc1C(F)(F)F)NC(=O)N2CC=C. The largest absolute Gasteiger partial charge is 0.416 e. The number of carbonyl (C=O) groups is 3. The molecule has 0 radical (unpaired) electrons. The molecule has 0 spiro atoms. The van der Waals surface area contributed by atoms with Crippen molar-refractivity contribution in [2.24, 2.45) is 5.92 Å². The van der Waals surface area contributed by atoms with Gasteiger partial charge in [-0.3, -0.25) is 14.5 Å². The number of alkyl halides is 3. The fourth-order valence-corrected chi connectivity index (χ4v) is 4.44. The van der Waals surface area contributed by atoms with Gasteiger partial charge in [0, 0.05) is 13.1 Å². The second-order valence-corrected chi connectivity index (χ2v) is 8.84. The number of nitrogens with one attached hydrogen (secondary N) is 2. The molecular formula is C25H29F3N4O3. The molecule has 35 heavy (non-hydrogen) atoms. The molecule has 0 aliphatic carbocycles. The van der Waals surface area contributed by atoms with E-state index in [0.717, 1.165) is 6.07 Å². The van der Waals surface area contributed by atoms with E-state index in [4.69, 9.17) is 0 Å². The molecule has 0 saturated heterocycles. The summed E-state index contributed by atoms with van der Waals surface area (Å²) in [5.74, 6) is -0.935. The Morgan fingerprint density at radius 1 is 1.23 bits per heavy atom. The predicted octanol–water partition coefficient (Wildman–Crippen LogP) is 3.77. The molecule has 7 nitrogen and oxygen atoms in total. The number of hydrogen-bond donors (Lipinski definition) is 2. The summed E-state index contributed by atoms with van der Waals surface area (Å²) in [7, 11) is 0. The number of rotatable bonds is 9. The van der Waals surface area contributed by atoms with Gasteiger partial charge in [-0.15, -0.1) is 13.2 Å². The number of amides is 4. The highest BCUT2D eigenvalue weighted by Crippen LogP contribution is 2.42. The van der Waals surface area contributed by atoms with Gasteiger partial charge >= 0.3 is 12.2 Å². The Morgan fingerprint density at radius 3 is 2.51 bits per heavy atom. The van der Waals surface area contributed by atoms with Gasteiger partial charge in [-0.05, 0) is 24.0 Å². The molecule has 0 saturated carbocycles. The molecule has 3 rings (SSSR count). The number of nitrogens with zero attached hydrogens (tertiary/aromatic N) is 2. The number of hydrogen-bond acceptors (Lipinski definition) is 3. The van der Waals surface area contributed by atoms with Crippen molar-refractivity contribution in [3.05, 3.63) is 72.0 Å². The van der Waals surface area contributed by atoms with Crippen LogP contribution in [0.4, 0.5) is 18.0 Å². The maximum absolute atomic E-state index is 13.8. The van der Waals surface area contributed by atoms with Gasteiger partial charge in [-0.2, -0.15) is 13.2 Å². The first-order valence-electron chi connectivity index (χ1n) is 11.3. The minimum Gasteiger partial charge on any atom is -0.351 e. The minimum atomic E-state index is -4.69. The highest BCUT2D eigenvalue weighted by atomic mass is 19.4. The van der Waals surface area contributed by atoms with Crippen LogP contribution >= 0.6 is 0 Å². The number of urea groups is 1. The van der Waals surface area contributed by atoms with E-state index in [9.17, 15) is 27.6 Å². The van der Waals surface area contributed by atoms with Crippen LogP contribution in [0.1, 0.15) is 37.4 Å². The zero-order valence-corrected chi connectivity index (χ0v) is 19.7. The molecule has 2 aliphatic rings. The third-order valence-corrected chi connectivity index (χ3v) is 5.93. The lowest BCUT2D eigenvalue weighted by molar-refractivity contribution is -0.139. The van der Waals surface area contributed by atoms with Crippen molar-refractivity contribution >= 4 is 17.8 Å². The normalized spacial score (nSPS) is 19.0. The molecule has 2 aliphatic heterocycles. The van der Waals surface area contributed by atoms with Gasteiger partial charge in [0.1, 0.15) is 6.04 Å². The zero-order chi connectivity index (χ0) is 25.9. The first kappa shape index (κ1) is 26.1. The summed E-state index contributed by atoms with van der Waals surface area (Å²) in [6, 6.07) is 2.02. The molecule has 4 amide bonds. The second kappa shape index (κ2) is 10.4. The van der Waals surface area contributed by atoms with Crippen molar-refractivity contribution in [1.82, 2.24) is 20.4 Å². The summed E-state index contributed by atoms with van der Waals surface area (Å²) < 4.78 is 41.4. The standard InChI is InChI=1S/C25H29F3N4O3/c1-5-11-29-22(33)18(13-15(3)4)32-14-19-20(23(32)34)21(30-24(35)31(19)12-6-2)16-9-7-8-10-17(16)25(26,27)28/h5-10,15,18,21H,1-2,11-14H2,3-4H3,(H,29,33)(H,30,35). The minimum absolute atomic E-state index is 0.0217. The van der Waals surface area contributed by atoms with E-state index in [1.165, 1.54) is 40.2 Å². The topological polar surface area (TPSA) is 81.8 Å². The predicted molar refractivity (Wildman–Crippen MR) is 125 cm³/mol. The average Bonchev–Trinajstić information content (AvgIpc) is 3.13. The summed E-state index contributed by atoms with van der Waals surface area (Å²) in [5, 5.41) is 5.27. The van der Waals surface area contributed by atoms with Gasteiger partial charge in [0.05, 0.1) is 29.4 Å². The molecule has 1 aromatic rings. The maximum atomic E-state index is 13.8. The summed E-state index contributed by atoms with van der Waals surface area (Å²) in [4.78, 5) is 42.2. The molecule has 1 aromatic carbocycles. The molecule has 188 valence electrons. The number of benzene rings is 1. The van der Waals surface area contributed by atoms with E-state index in [1.807, 2.05) is 13.8 Å². The van der Waals surface area contributed by atoms with Crippen LogP contribution in [0.3, 0.4) is 0 Å². The fraction of sp³-hybridized carbons (Fsp3) is 0.400. The molecular weight excluding hydrogens is 461 g/mol. The highest BCUT2D eigenvalue weighted by molar-refractivity contribution is 6.03. The van der Waals surface area contributed by atoms with Crippen LogP contribution in [-0.4, -0.2) is 53.3 Å². The van der Waals surface area contributed by atoms with Crippen LogP contribution in [0, 0.1) is 5.92 Å². The Hall–Kier alpha value is -3.56. The summed E-state index contributed by atoms with van der Waals surface area (Å²) in [5.41, 5.74) is -0.881. The lowest BCUT2D eigenvalue weighted by Crippen LogP contribution is -2.49. The van der Waals surface area contributed by atoms with Gasteiger partial charge in [0.15, 0.2) is 0 Å². The molecule has 2 unspecified atom stereocenters. The van der Waals surface area contributed by atoms with E-state index in [-0.39, 0.29) is 42.4 Å². The quantitative estimate of drug-likeness (QED) is 0.517. The monoisotopic (exact) mass is 490 g/mol. The molecule has 2 atom stereocenters. The molecule has 10 heteroatoms. The second-order valence-electron chi connectivity index (χ2n) is 8.84. The van der Waals surface area contributed by atoms with Crippen LogP contribution in [0.15, 0.2) is 60.8 Å². The number of carbonyl (C=O) groups excluding carboxylic acids is 3. The van der Waals surface area contributed by atoms with Crippen LogP contribution < -0.4 is 10.6 Å². The Kier molecular flexibility index (Phi) is 7.72. The third-order valence-electron chi connectivity index (χ3n) is 5.93. The lowest BCUT2D eigenvalue weighted by atomic mass is 9.91. The lowest BCUT2D eigenvalue weighted by Gasteiger charge is -2.33. The number of halogens is 3. The summed E-state index contributed by atoms with van der Waals surface area (Å²) >= 11 is 0. The molecule has 2 heterocycles. The smallest absolute Gasteiger partial charge is 0.351 e. The van der Waals surface area contributed by atoms with Crippen LogP contribution in [0.2, 0.25) is 0 Å². The molecule has 0 bridgehead atoms. The van der Waals surface area contributed by atoms with E-state index in [1.54, 1.807) is 0 Å². The summed E-state index contributed by atoms with van der Waals surface area (Å²) in [6.07, 6.45) is -1.38. The van der Waals surface area contributed by atoms with Crippen molar-refractivity contribution in [3.63, 3.8) is 0 Å². The van der Waals surface area contributed by atoms with Gasteiger partial charge in [-0.25, -0.2) is 4.79 Å². The Labute approximate surface area is 202 Å². The van der Waals surface area contributed by atoms with Crippen molar-refractivity contribution in [3.8, 4) is 0 Å². The van der Waals surface area contributed by atoms with Crippen molar-refractivity contribution in [1.29, 1.82) is 0 Å². The van der Waals surface area contributed by atoms with Crippen molar-refractivity contribution in [2.75, 3.05) is 19.6 Å². The first-order valence-corrected chi connectivity index (χ1v) is 11.3. The molecule has 0 fully saturated rings. The van der Waals surface area contributed by atoms with Crippen molar-refractivity contribution in [2.45, 2.75) is 38.5 Å². The highest BCUT2D eigenvalue weighted by Gasteiger charge is 2.48. The van der Waals surface area contributed by atoms with E-state index in [0.29, 0.717) is 6.42 Å². The van der Waals surface area contributed by atoms with Crippen LogP contribution in [-0.2, 0) is 15.8 Å². The van der Waals surface area contributed by atoms with E-state index < -0.39 is 41.7 Å². The Bertz CT molecular complexity index is 1060. The van der Waals surface area contributed by atoms with Crippen molar-refractivity contribution < 1.29 is 27.6 Å². The molecule has 0 aromatic heterocycles. The Balaban J connectivity index is 2.10. The molecule has 2 N–H and O–H groups in total. The van der Waals surface area contributed by atoms with Gasteiger partial charge in [-0.1, -0.05) is 44.2 Å². The van der Waals surface area contributed by atoms with Crippen LogP contribution in [0.5, 0.6) is 0 Å². The van der Waals surface area contributed by atoms with E-state index >= 15 is 0 Å². The Morgan fingerprint density at radius 2 is 1.91 bits per heavy atom. The fourth-order valence-electron chi connectivity index (χ4n) is 4.44. The van der Waals surface area contributed by atoms with Gasteiger partial charge < -0.3 is 15.5 Å². The maximum Gasteiger partial charge on any atom is 0.416 e. The first-order chi connectivity index (χ1) is 16.5. The van der Waals surface area contributed by atoms with Crippen LogP contribution in [0.25, 0.3) is 0 Å².